The summed E-state index contributed by atoms with van der Waals surface area (Å²) in [7, 11) is 4.64. The fourth-order valence-corrected chi connectivity index (χ4v) is 3.03. The van der Waals surface area contributed by atoms with E-state index in [-0.39, 0.29) is 11.7 Å². The first-order valence-corrected chi connectivity index (χ1v) is 8.45. The molecule has 0 saturated carbocycles. The Morgan fingerprint density at radius 2 is 1.61 bits per heavy atom. The van der Waals surface area contributed by atoms with Crippen LogP contribution in [0.1, 0.15) is 10.4 Å². The van der Waals surface area contributed by atoms with Gasteiger partial charge in [0.25, 0.3) is 5.91 Å². The van der Waals surface area contributed by atoms with E-state index in [2.05, 4.69) is 10.1 Å². The molecule has 2 N–H and O–H groups in total. The third-order valence-electron chi connectivity index (χ3n) is 4.48. The molecule has 0 spiro atoms. The number of aromatic nitrogens is 3. The van der Waals surface area contributed by atoms with E-state index in [1.807, 2.05) is 18.2 Å². The quantitative estimate of drug-likeness (QED) is 0.582. The maximum absolute atomic E-state index is 13.1. The highest BCUT2D eigenvalue weighted by Gasteiger charge is 2.19. The molecule has 4 rings (SSSR count). The van der Waals surface area contributed by atoms with Gasteiger partial charge in [-0.1, -0.05) is 0 Å². The molecule has 28 heavy (non-hydrogen) atoms. The number of hydrogen-bond acceptors (Lipinski definition) is 7. The smallest absolute Gasteiger partial charge is 0.280 e. The van der Waals surface area contributed by atoms with Crippen LogP contribution in [-0.4, -0.2) is 42.0 Å². The van der Waals surface area contributed by atoms with Crippen LogP contribution < -0.4 is 19.9 Å². The van der Waals surface area contributed by atoms with E-state index in [4.69, 9.17) is 19.9 Å². The number of methoxy groups -OCH3 is 3. The number of carbonyl (C=O) groups is 1. The zero-order chi connectivity index (χ0) is 19.8. The van der Waals surface area contributed by atoms with Gasteiger partial charge in [-0.25, -0.2) is 4.98 Å². The third kappa shape index (κ3) is 2.84. The van der Waals surface area contributed by atoms with Crippen LogP contribution in [0.4, 0.5) is 5.82 Å². The van der Waals surface area contributed by atoms with Crippen molar-refractivity contribution in [3.63, 3.8) is 0 Å². The van der Waals surface area contributed by atoms with Gasteiger partial charge in [-0.2, -0.15) is 4.68 Å². The Kier molecular flexibility index (Phi) is 4.23. The number of benzene rings is 2. The van der Waals surface area contributed by atoms with Gasteiger partial charge in [-0.15, -0.1) is 5.10 Å². The molecule has 0 unspecified atom stereocenters. The third-order valence-corrected chi connectivity index (χ3v) is 4.48. The average Bonchev–Trinajstić information content (AvgIpc) is 3.06. The molecule has 0 bridgehead atoms. The Labute approximate surface area is 160 Å². The second-order valence-electron chi connectivity index (χ2n) is 6.12. The SMILES string of the molecule is COc1cc(OC)cc(C(=O)n2nc(N)c3cc4cc(OC)ccc4nc32)c1. The van der Waals surface area contributed by atoms with Crippen molar-refractivity contribution in [2.45, 2.75) is 0 Å². The number of nitrogens with zero attached hydrogens (tertiary/aromatic N) is 3. The number of carbonyl (C=O) groups excluding carboxylic acids is 1. The highest BCUT2D eigenvalue weighted by atomic mass is 16.5. The summed E-state index contributed by atoms with van der Waals surface area (Å²) in [5.74, 6) is 1.53. The molecule has 0 fully saturated rings. The number of nitrogen functional groups attached to an aromatic ring is 1. The van der Waals surface area contributed by atoms with Crippen molar-refractivity contribution in [1.29, 1.82) is 0 Å². The van der Waals surface area contributed by atoms with Gasteiger partial charge in [0.05, 0.1) is 32.2 Å². The molecular formula is C20H18N4O4. The zero-order valence-electron chi connectivity index (χ0n) is 15.6. The second-order valence-corrected chi connectivity index (χ2v) is 6.12. The predicted octanol–water partition coefficient (Wildman–Crippen LogP) is 2.88. The summed E-state index contributed by atoms with van der Waals surface area (Å²) in [6, 6.07) is 12.2. The molecule has 0 radical (unpaired) electrons. The number of nitrogens with two attached hydrogens (primary N) is 1. The van der Waals surface area contributed by atoms with E-state index >= 15 is 0 Å². The summed E-state index contributed by atoms with van der Waals surface area (Å²) in [6.45, 7) is 0. The van der Waals surface area contributed by atoms with Gasteiger partial charge in [0.1, 0.15) is 17.2 Å². The summed E-state index contributed by atoms with van der Waals surface area (Å²) < 4.78 is 16.9. The molecule has 142 valence electrons. The zero-order valence-corrected chi connectivity index (χ0v) is 15.6. The van der Waals surface area contributed by atoms with Crippen LogP contribution in [0.15, 0.2) is 42.5 Å². The first kappa shape index (κ1) is 17.6. The number of anilines is 1. The summed E-state index contributed by atoms with van der Waals surface area (Å²) in [6.07, 6.45) is 0. The maximum Gasteiger partial charge on any atom is 0.280 e. The topological polar surface area (TPSA) is 101 Å². The van der Waals surface area contributed by atoms with E-state index in [0.29, 0.717) is 39.4 Å². The van der Waals surface area contributed by atoms with Crippen LogP contribution in [-0.2, 0) is 0 Å². The molecule has 0 amide bonds. The van der Waals surface area contributed by atoms with Crippen molar-refractivity contribution in [3.05, 3.63) is 48.0 Å². The molecule has 8 heteroatoms. The molecule has 8 nitrogen and oxygen atoms in total. The van der Waals surface area contributed by atoms with Crippen LogP contribution in [0.2, 0.25) is 0 Å². The molecule has 0 aliphatic heterocycles. The van der Waals surface area contributed by atoms with Crippen LogP contribution in [0.3, 0.4) is 0 Å². The Hall–Kier alpha value is -3.81. The highest BCUT2D eigenvalue weighted by molar-refractivity contribution is 6.05. The number of hydrogen-bond donors (Lipinski definition) is 1. The first-order chi connectivity index (χ1) is 13.5. The van der Waals surface area contributed by atoms with Gasteiger partial charge >= 0.3 is 0 Å². The standard InChI is InChI=1S/C20H18N4O4/c1-26-13-4-5-17-11(6-13)9-16-18(21)23-24(19(16)22-17)20(25)12-7-14(27-2)10-15(8-12)28-3/h4-10H,1-3H3,(H2,21,23). The van der Waals surface area contributed by atoms with Crippen LogP contribution >= 0.6 is 0 Å². The van der Waals surface area contributed by atoms with Crippen LogP contribution in [0.5, 0.6) is 17.2 Å². The average molecular weight is 378 g/mol. The van der Waals surface area contributed by atoms with E-state index in [0.717, 1.165) is 5.39 Å². The van der Waals surface area contributed by atoms with Crippen molar-refractivity contribution < 1.29 is 19.0 Å². The molecule has 2 aromatic heterocycles. The van der Waals surface area contributed by atoms with Gasteiger partial charge in [0, 0.05) is 17.0 Å². The molecule has 0 saturated heterocycles. The van der Waals surface area contributed by atoms with E-state index in [1.54, 1.807) is 31.4 Å². The number of pyridine rings is 1. The predicted molar refractivity (Wildman–Crippen MR) is 105 cm³/mol. The Bertz CT molecular complexity index is 1190. The van der Waals surface area contributed by atoms with E-state index in [1.165, 1.54) is 18.9 Å². The summed E-state index contributed by atoms with van der Waals surface area (Å²) in [4.78, 5) is 17.7. The number of rotatable bonds is 4. The molecule has 2 aromatic carbocycles. The van der Waals surface area contributed by atoms with Crippen molar-refractivity contribution in [2.24, 2.45) is 0 Å². The Morgan fingerprint density at radius 3 is 2.25 bits per heavy atom. The fraction of sp³-hybridized carbons (Fsp3) is 0.150. The van der Waals surface area contributed by atoms with Gasteiger partial charge in [0.15, 0.2) is 11.5 Å². The van der Waals surface area contributed by atoms with Gasteiger partial charge in [0.2, 0.25) is 0 Å². The summed E-state index contributed by atoms with van der Waals surface area (Å²) in [5.41, 5.74) is 7.48. The molecule has 2 heterocycles. The van der Waals surface area contributed by atoms with Gasteiger partial charge in [-0.05, 0) is 36.4 Å². The maximum atomic E-state index is 13.1. The summed E-state index contributed by atoms with van der Waals surface area (Å²) >= 11 is 0. The second kappa shape index (κ2) is 6.73. The fourth-order valence-electron chi connectivity index (χ4n) is 3.03. The first-order valence-electron chi connectivity index (χ1n) is 8.45. The van der Waals surface area contributed by atoms with E-state index in [9.17, 15) is 4.79 Å². The summed E-state index contributed by atoms with van der Waals surface area (Å²) in [5, 5.41) is 5.64. The molecule has 4 aromatic rings. The lowest BCUT2D eigenvalue weighted by Crippen LogP contribution is -2.14. The number of fused-ring (bicyclic) bond motifs is 2. The lowest BCUT2D eigenvalue weighted by atomic mass is 10.1. The van der Waals surface area contributed by atoms with Crippen molar-refractivity contribution in [1.82, 2.24) is 14.8 Å². The Morgan fingerprint density at radius 1 is 0.929 bits per heavy atom. The number of ether oxygens (including phenoxy) is 3. The molecule has 0 aliphatic rings. The largest absolute Gasteiger partial charge is 0.497 e. The van der Waals surface area contributed by atoms with Crippen molar-refractivity contribution in [3.8, 4) is 17.2 Å². The van der Waals surface area contributed by atoms with Gasteiger partial charge in [-0.3, -0.25) is 4.79 Å². The van der Waals surface area contributed by atoms with Crippen LogP contribution in [0, 0.1) is 0 Å². The van der Waals surface area contributed by atoms with Gasteiger partial charge < -0.3 is 19.9 Å². The molecule has 0 atom stereocenters. The minimum atomic E-state index is -0.390. The highest BCUT2D eigenvalue weighted by Crippen LogP contribution is 2.28. The lowest BCUT2D eigenvalue weighted by molar-refractivity contribution is 0.0949. The van der Waals surface area contributed by atoms with Crippen molar-refractivity contribution >= 4 is 33.7 Å². The Balaban J connectivity index is 1.89. The van der Waals surface area contributed by atoms with E-state index < -0.39 is 0 Å². The van der Waals surface area contributed by atoms with Crippen LogP contribution in [0.25, 0.3) is 21.9 Å². The lowest BCUT2D eigenvalue weighted by Gasteiger charge is -2.08. The molecule has 0 aliphatic carbocycles. The van der Waals surface area contributed by atoms with Crippen molar-refractivity contribution in [2.75, 3.05) is 27.1 Å². The normalized spacial score (nSPS) is 11.0. The minimum Gasteiger partial charge on any atom is -0.497 e. The molecular weight excluding hydrogens is 360 g/mol. The monoisotopic (exact) mass is 378 g/mol. The minimum absolute atomic E-state index is 0.218.